The molecule has 0 rings (SSSR count). The highest BCUT2D eigenvalue weighted by molar-refractivity contribution is 7.80. The minimum absolute atomic E-state index is 0.685. The highest BCUT2D eigenvalue weighted by Crippen LogP contribution is 2.21. The van der Waals surface area contributed by atoms with Gasteiger partial charge in [0.25, 0.3) is 0 Å². The molecule has 254 valence electrons. The molecule has 0 spiro atoms. The number of hydrogen-bond donors (Lipinski definition) is 1. The summed E-state index contributed by atoms with van der Waals surface area (Å²) in [5, 5.41) is 0. The smallest absolute Gasteiger partial charge is 0.374 e. The third-order valence-corrected chi connectivity index (χ3v) is 12.2. The van der Waals surface area contributed by atoms with E-state index in [1.165, 1.54) is 186 Å². The fourth-order valence-electron chi connectivity index (χ4n) is 6.23. The van der Waals surface area contributed by atoms with E-state index in [2.05, 4.69) is 12.6 Å². The zero-order valence-electron chi connectivity index (χ0n) is 29.2. The van der Waals surface area contributed by atoms with Gasteiger partial charge in [0.05, 0.1) is 0 Å². The third-order valence-electron chi connectivity index (χ3n) is 8.73. The van der Waals surface area contributed by atoms with Crippen LogP contribution < -0.4 is 0 Å². The van der Waals surface area contributed by atoms with Gasteiger partial charge < -0.3 is 13.3 Å². The molecule has 0 aromatic rings. The molecule has 0 aromatic carbocycles. The molecule has 0 saturated carbocycles. The molecule has 0 radical (unpaired) electrons. The van der Waals surface area contributed by atoms with Crippen LogP contribution in [0.3, 0.4) is 0 Å². The van der Waals surface area contributed by atoms with Crippen molar-refractivity contribution < 1.29 is 13.3 Å². The number of hydrogen-bond acceptors (Lipinski definition) is 4. The SMILES string of the molecule is CCO[Si](CCCCCCCCCCCCCCCCCCCCCCCCCCCCCCCS)(OCC)OCC. The molecule has 0 unspecified atom stereocenters. The molecule has 0 N–H and O–H groups in total. The van der Waals surface area contributed by atoms with Gasteiger partial charge in [-0.2, -0.15) is 12.6 Å². The lowest BCUT2D eigenvalue weighted by atomic mass is 10.0. The van der Waals surface area contributed by atoms with Crippen LogP contribution >= 0.6 is 12.6 Å². The van der Waals surface area contributed by atoms with Gasteiger partial charge in [-0.05, 0) is 39.4 Å². The average Bonchev–Trinajstić information content (AvgIpc) is 2.98. The van der Waals surface area contributed by atoms with E-state index >= 15 is 0 Å². The van der Waals surface area contributed by atoms with Gasteiger partial charge in [-0.25, -0.2) is 0 Å². The van der Waals surface area contributed by atoms with E-state index in [-0.39, 0.29) is 0 Å². The summed E-state index contributed by atoms with van der Waals surface area (Å²) >= 11 is 4.29. The van der Waals surface area contributed by atoms with E-state index in [1.807, 2.05) is 20.8 Å². The molecular weight excluding hydrogens is 553 g/mol. The Bertz CT molecular complexity index is 477. The molecular formula is C37H78O3SSi. The van der Waals surface area contributed by atoms with Crippen molar-refractivity contribution in [3.05, 3.63) is 0 Å². The summed E-state index contributed by atoms with van der Waals surface area (Å²) in [7, 11) is -2.42. The van der Waals surface area contributed by atoms with Gasteiger partial charge in [-0.3, -0.25) is 0 Å². The first-order valence-electron chi connectivity index (χ1n) is 19.3. The van der Waals surface area contributed by atoms with Gasteiger partial charge in [0.2, 0.25) is 0 Å². The first-order valence-corrected chi connectivity index (χ1v) is 21.8. The maximum Gasteiger partial charge on any atom is 0.500 e. The average molecular weight is 631 g/mol. The normalized spacial score (nSPS) is 12.0. The fourth-order valence-corrected chi connectivity index (χ4v) is 9.14. The highest BCUT2D eigenvalue weighted by atomic mass is 32.1. The lowest BCUT2D eigenvalue weighted by Crippen LogP contribution is -2.45. The fraction of sp³-hybridized carbons (Fsp3) is 1.00. The van der Waals surface area contributed by atoms with Crippen LogP contribution in [0.2, 0.25) is 6.04 Å². The first-order chi connectivity index (χ1) is 20.7. The third kappa shape index (κ3) is 30.5. The Morgan fingerprint density at radius 1 is 0.310 bits per heavy atom. The summed E-state index contributed by atoms with van der Waals surface area (Å²) in [6.45, 7) is 8.19. The minimum Gasteiger partial charge on any atom is -0.374 e. The quantitative estimate of drug-likeness (QED) is 0.0420. The first kappa shape index (κ1) is 42.4. The number of rotatable bonds is 37. The Hall–Kier alpha value is 0.447. The molecule has 0 heterocycles. The maximum atomic E-state index is 5.97. The van der Waals surface area contributed by atoms with E-state index < -0.39 is 8.80 Å². The molecule has 0 aliphatic heterocycles. The van der Waals surface area contributed by atoms with Gasteiger partial charge in [0, 0.05) is 25.9 Å². The zero-order valence-corrected chi connectivity index (χ0v) is 31.1. The van der Waals surface area contributed by atoms with Crippen molar-refractivity contribution in [3.63, 3.8) is 0 Å². The summed E-state index contributed by atoms with van der Waals surface area (Å²) < 4.78 is 17.9. The van der Waals surface area contributed by atoms with E-state index in [0.717, 1.165) is 11.8 Å². The van der Waals surface area contributed by atoms with E-state index in [9.17, 15) is 0 Å². The maximum absolute atomic E-state index is 5.97. The Kier molecular flexibility index (Phi) is 36.3. The van der Waals surface area contributed by atoms with Crippen LogP contribution in [0.25, 0.3) is 0 Å². The van der Waals surface area contributed by atoms with E-state index in [1.54, 1.807) is 0 Å². The summed E-state index contributed by atoms with van der Waals surface area (Å²) in [4.78, 5) is 0. The Labute approximate surface area is 272 Å². The van der Waals surface area contributed by atoms with Crippen LogP contribution in [0.4, 0.5) is 0 Å². The number of thiol groups is 1. The molecule has 0 aliphatic rings. The van der Waals surface area contributed by atoms with Crippen LogP contribution in [-0.4, -0.2) is 34.4 Å². The molecule has 0 aromatic heterocycles. The summed E-state index contributed by atoms with van der Waals surface area (Å²) in [5.41, 5.74) is 0. The van der Waals surface area contributed by atoms with Crippen molar-refractivity contribution >= 4 is 21.4 Å². The van der Waals surface area contributed by atoms with E-state index in [0.29, 0.717) is 19.8 Å². The van der Waals surface area contributed by atoms with Gasteiger partial charge in [0.1, 0.15) is 0 Å². The largest absolute Gasteiger partial charge is 0.500 e. The van der Waals surface area contributed by atoms with Crippen molar-refractivity contribution in [2.75, 3.05) is 25.6 Å². The van der Waals surface area contributed by atoms with Gasteiger partial charge in [0.15, 0.2) is 0 Å². The number of unbranched alkanes of at least 4 members (excludes halogenated alkanes) is 28. The second kappa shape index (κ2) is 35.9. The van der Waals surface area contributed by atoms with Crippen molar-refractivity contribution in [1.29, 1.82) is 0 Å². The standard InChI is InChI=1S/C37H78O3SSi/c1-4-38-42(39-5-2,40-6-3)37-35-33-31-29-27-25-23-21-19-17-15-13-11-9-7-8-10-12-14-16-18-20-22-24-26-28-30-32-34-36-41/h41H,4-37H2,1-3H3. The summed E-state index contributed by atoms with van der Waals surface area (Å²) in [6.07, 6.45) is 41.4. The lowest BCUT2D eigenvalue weighted by molar-refractivity contribution is 0.0706. The van der Waals surface area contributed by atoms with Crippen molar-refractivity contribution in [1.82, 2.24) is 0 Å². The van der Waals surface area contributed by atoms with Crippen molar-refractivity contribution in [2.45, 2.75) is 213 Å². The Morgan fingerprint density at radius 2 is 0.500 bits per heavy atom. The molecule has 0 bridgehead atoms. The highest BCUT2D eigenvalue weighted by Gasteiger charge is 2.39. The topological polar surface area (TPSA) is 27.7 Å². The molecule has 0 atom stereocenters. The molecule has 5 heteroatoms. The molecule has 42 heavy (non-hydrogen) atoms. The van der Waals surface area contributed by atoms with Crippen LogP contribution in [0.1, 0.15) is 207 Å². The predicted molar refractivity (Wildman–Crippen MR) is 193 cm³/mol. The molecule has 0 amide bonds. The lowest BCUT2D eigenvalue weighted by Gasteiger charge is -2.28. The van der Waals surface area contributed by atoms with Gasteiger partial charge in [-0.1, -0.05) is 173 Å². The molecule has 0 saturated heterocycles. The Balaban J connectivity index is 3.24. The van der Waals surface area contributed by atoms with Gasteiger partial charge in [-0.15, -0.1) is 0 Å². The Morgan fingerprint density at radius 3 is 0.690 bits per heavy atom. The second-order valence-electron chi connectivity index (χ2n) is 12.7. The minimum atomic E-state index is -2.42. The summed E-state index contributed by atoms with van der Waals surface area (Å²) in [5.74, 6) is 1.06. The van der Waals surface area contributed by atoms with Crippen molar-refractivity contribution in [2.24, 2.45) is 0 Å². The second-order valence-corrected chi connectivity index (χ2v) is 15.9. The predicted octanol–water partition coefficient (Wildman–Crippen LogP) is 13.3. The van der Waals surface area contributed by atoms with Crippen LogP contribution in [-0.2, 0) is 13.3 Å². The zero-order chi connectivity index (χ0) is 30.7. The van der Waals surface area contributed by atoms with Gasteiger partial charge >= 0.3 is 8.80 Å². The van der Waals surface area contributed by atoms with Crippen LogP contribution in [0.15, 0.2) is 0 Å². The monoisotopic (exact) mass is 631 g/mol. The summed E-state index contributed by atoms with van der Waals surface area (Å²) in [6, 6.07) is 0.973. The van der Waals surface area contributed by atoms with E-state index in [4.69, 9.17) is 13.3 Å². The van der Waals surface area contributed by atoms with Crippen LogP contribution in [0, 0.1) is 0 Å². The van der Waals surface area contributed by atoms with Crippen molar-refractivity contribution in [3.8, 4) is 0 Å². The van der Waals surface area contributed by atoms with Crippen LogP contribution in [0.5, 0.6) is 0 Å². The molecule has 0 fully saturated rings. The molecule has 0 aliphatic carbocycles. The molecule has 3 nitrogen and oxygen atoms in total.